The second-order valence-electron chi connectivity index (χ2n) is 8.03. The summed E-state index contributed by atoms with van der Waals surface area (Å²) in [6, 6.07) is 13.6. The number of hydrogen-bond acceptors (Lipinski definition) is 6. The summed E-state index contributed by atoms with van der Waals surface area (Å²) in [5, 5.41) is 6.29. The van der Waals surface area contributed by atoms with Crippen molar-refractivity contribution in [2.24, 2.45) is 5.73 Å². The zero-order valence-corrected chi connectivity index (χ0v) is 18.2. The van der Waals surface area contributed by atoms with Crippen molar-refractivity contribution in [1.82, 2.24) is 14.7 Å². The Morgan fingerprint density at radius 1 is 1.12 bits per heavy atom. The molecule has 32 heavy (non-hydrogen) atoms. The van der Waals surface area contributed by atoms with Crippen molar-refractivity contribution in [2.45, 2.75) is 44.7 Å². The zero-order valence-electron chi connectivity index (χ0n) is 18.2. The Morgan fingerprint density at radius 3 is 2.59 bits per heavy atom. The molecule has 0 atom stereocenters. The van der Waals surface area contributed by atoms with Gasteiger partial charge in [0.1, 0.15) is 18.1 Å². The van der Waals surface area contributed by atoms with Crippen molar-refractivity contribution in [2.75, 3.05) is 18.5 Å². The number of imidazole rings is 1. The Hall–Kier alpha value is -3.39. The molecule has 0 unspecified atom stereocenters. The number of amides is 1. The number of benzene rings is 1. The average molecular weight is 436 g/mol. The fraction of sp³-hybridized carbons (Fsp3) is 0.375. The van der Waals surface area contributed by atoms with Crippen molar-refractivity contribution < 1.29 is 14.3 Å². The van der Waals surface area contributed by atoms with Crippen LogP contribution in [-0.4, -0.2) is 46.5 Å². The van der Waals surface area contributed by atoms with Crippen LogP contribution in [0.4, 0.5) is 5.82 Å². The lowest BCUT2D eigenvalue weighted by Crippen LogP contribution is -2.40. The van der Waals surface area contributed by atoms with E-state index in [0.29, 0.717) is 29.3 Å². The van der Waals surface area contributed by atoms with Crippen LogP contribution in [0.3, 0.4) is 0 Å². The summed E-state index contributed by atoms with van der Waals surface area (Å²) in [6.45, 7) is 2.09. The van der Waals surface area contributed by atoms with E-state index in [4.69, 9.17) is 15.5 Å². The third-order valence-corrected chi connectivity index (χ3v) is 5.75. The molecule has 0 spiro atoms. The van der Waals surface area contributed by atoms with E-state index in [1.54, 1.807) is 13.0 Å². The monoisotopic (exact) mass is 435 g/mol. The molecule has 0 saturated heterocycles. The van der Waals surface area contributed by atoms with E-state index in [2.05, 4.69) is 10.6 Å². The number of ether oxygens (including phenoxy) is 1. The lowest BCUT2D eigenvalue weighted by Gasteiger charge is -2.26. The van der Waals surface area contributed by atoms with Gasteiger partial charge in [0.05, 0.1) is 12.2 Å². The van der Waals surface area contributed by atoms with Gasteiger partial charge in [-0.05, 0) is 44.7 Å². The predicted octanol–water partition coefficient (Wildman–Crippen LogP) is 2.98. The molecule has 8 nitrogen and oxygen atoms in total. The Labute approximate surface area is 187 Å². The van der Waals surface area contributed by atoms with Crippen molar-refractivity contribution in [3.8, 4) is 11.3 Å². The molecule has 8 heteroatoms. The number of nitrogens with two attached hydrogens (primary N) is 1. The molecule has 0 aliphatic heterocycles. The molecule has 4 rings (SSSR count). The maximum absolute atomic E-state index is 13.1. The van der Waals surface area contributed by atoms with Gasteiger partial charge in [0.2, 0.25) is 0 Å². The molecule has 1 amide bonds. The molecule has 1 aliphatic rings. The van der Waals surface area contributed by atoms with Gasteiger partial charge in [-0.15, -0.1) is 0 Å². The van der Waals surface area contributed by atoms with E-state index in [1.165, 1.54) is 0 Å². The van der Waals surface area contributed by atoms with E-state index in [0.717, 1.165) is 31.2 Å². The zero-order chi connectivity index (χ0) is 22.5. The van der Waals surface area contributed by atoms with Crippen LogP contribution < -0.4 is 16.4 Å². The van der Waals surface area contributed by atoms with Gasteiger partial charge in [0.25, 0.3) is 5.91 Å². The summed E-state index contributed by atoms with van der Waals surface area (Å²) in [6.07, 6.45) is 5.42. The van der Waals surface area contributed by atoms with Crippen molar-refractivity contribution in [3.05, 3.63) is 54.2 Å². The number of pyridine rings is 1. The highest BCUT2D eigenvalue weighted by Crippen LogP contribution is 2.30. The van der Waals surface area contributed by atoms with Gasteiger partial charge in [0.15, 0.2) is 5.65 Å². The number of nitrogens with one attached hydrogen (secondary N) is 2. The number of carbonyl (C=O) groups excluding carboxylic acids is 2. The SMILES string of the molecule is CCOC(=O)CNc1c(-c2ccccc2)nc2c(C(=O)NC3CCC(N)CC3)cccn12. The highest BCUT2D eigenvalue weighted by molar-refractivity contribution is 6.01. The molecule has 168 valence electrons. The predicted molar refractivity (Wildman–Crippen MR) is 123 cm³/mol. The standard InChI is InChI=1S/C24H29N5O3/c1-2-32-20(30)15-26-23-21(16-7-4-3-5-8-16)28-22-19(9-6-14-29(22)23)24(31)27-18-12-10-17(25)11-13-18/h3-9,14,17-18,26H,2,10-13,15,25H2,1H3,(H,27,31). The Morgan fingerprint density at radius 2 is 1.88 bits per heavy atom. The van der Waals surface area contributed by atoms with E-state index in [-0.39, 0.29) is 30.5 Å². The molecule has 1 fully saturated rings. The van der Waals surface area contributed by atoms with Crippen LogP contribution >= 0.6 is 0 Å². The van der Waals surface area contributed by atoms with Crippen LogP contribution in [0.5, 0.6) is 0 Å². The molecule has 2 heterocycles. The van der Waals surface area contributed by atoms with Gasteiger partial charge in [-0.1, -0.05) is 30.3 Å². The molecule has 0 bridgehead atoms. The summed E-state index contributed by atoms with van der Waals surface area (Å²) in [5.74, 6) is 0.126. The first kappa shape index (κ1) is 21.8. The van der Waals surface area contributed by atoms with E-state index in [1.807, 2.05) is 47.0 Å². The third-order valence-electron chi connectivity index (χ3n) is 5.75. The van der Waals surface area contributed by atoms with Crippen molar-refractivity contribution >= 4 is 23.3 Å². The molecule has 3 aromatic rings. The van der Waals surface area contributed by atoms with Gasteiger partial charge in [-0.25, -0.2) is 4.98 Å². The van der Waals surface area contributed by atoms with Crippen LogP contribution in [0.1, 0.15) is 43.0 Å². The Balaban J connectivity index is 1.68. The van der Waals surface area contributed by atoms with Crippen molar-refractivity contribution in [3.63, 3.8) is 0 Å². The number of hydrogen-bond donors (Lipinski definition) is 3. The fourth-order valence-electron chi connectivity index (χ4n) is 4.11. The first-order valence-corrected chi connectivity index (χ1v) is 11.1. The first-order valence-electron chi connectivity index (χ1n) is 11.1. The van der Waals surface area contributed by atoms with E-state index < -0.39 is 0 Å². The van der Waals surface area contributed by atoms with E-state index >= 15 is 0 Å². The van der Waals surface area contributed by atoms with Crippen LogP contribution in [0, 0.1) is 0 Å². The molecule has 4 N–H and O–H groups in total. The van der Waals surface area contributed by atoms with Gasteiger partial charge in [-0.3, -0.25) is 14.0 Å². The average Bonchev–Trinajstić information content (AvgIpc) is 3.18. The minimum Gasteiger partial charge on any atom is -0.465 e. The second-order valence-corrected chi connectivity index (χ2v) is 8.03. The number of esters is 1. The number of anilines is 1. The maximum atomic E-state index is 13.1. The van der Waals surface area contributed by atoms with E-state index in [9.17, 15) is 9.59 Å². The Kier molecular flexibility index (Phi) is 6.70. The van der Waals surface area contributed by atoms with Crippen LogP contribution in [0.25, 0.3) is 16.9 Å². The summed E-state index contributed by atoms with van der Waals surface area (Å²) in [4.78, 5) is 29.9. The second kappa shape index (κ2) is 9.82. The largest absolute Gasteiger partial charge is 0.465 e. The molecule has 1 aromatic carbocycles. The summed E-state index contributed by atoms with van der Waals surface area (Å²) in [7, 11) is 0. The smallest absolute Gasteiger partial charge is 0.325 e. The third kappa shape index (κ3) is 4.75. The minimum absolute atomic E-state index is 0.000219. The molecule has 1 aliphatic carbocycles. The van der Waals surface area contributed by atoms with Crippen molar-refractivity contribution in [1.29, 1.82) is 0 Å². The normalized spacial score (nSPS) is 18.3. The van der Waals surface area contributed by atoms with Gasteiger partial charge < -0.3 is 21.1 Å². The molecule has 0 radical (unpaired) electrons. The molecule has 1 saturated carbocycles. The number of rotatable bonds is 7. The quantitative estimate of drug-likeness (QED) is 0.492. The summed E-state index contributed by atoms with van der Waals surface area (Å²) >= 11 is 0. The lowest BCUT2D eigenvalue weighted by molar-refractivity contribution is -0.140. The number of carbonyl (C=O) groups is 2. The van der Waals surface area contributed by atoms with Gasteiger partial charge >= 0.3 is 5.97 Å². The minimum atomic E-state index is -0.356. The number of fused-ring (bicyclic) bond motifs is 1. The highest BCUT2D eigenvalue weighted by atomic mass is 16.5. The van der Waals surface area contributed by atoms with Crippen LogP contribution in [0.2, 0.25) is 0 Å². The fourth-order valence-corrected chi connectivity index (χ4v) is 4.11. The van der Waals surface area contributed by atoms with Gasteiger partial charge in [-0.2, -0.15) is 0 Å². The first-order chi connectivity index (χ1) is 15.6. The Bertz CT molecular complexity index is 1090. The lowest BCUT2D eigenvalue weighted by atomic mass is 9.91. The van der Waals surface area contributed by atoms with Crippen LogP contribution in [0.15, 0.2) is 48.7 Å². The van der Waals surface area contributed by atoms with Crippen LogP contribution in [-0.2, 0) is 9.53 Å². The molecule has 2 aromatic heterocycles. The number of aromatic nitrogens is 2. The van der Waals surface area contributed by atoms with Gasteiger partial charge in [0, 0.05) is 23.8 Å². The molecular weight excluding hydrogens is 406 g/mol. The molecular formula is C24H29N5O3. The summed E-state index contributed by atoms with van der Waals surface area (Å²) < 4.78 is 6.86. The topological polar surface area (TPSA) is 111 Å². The maximum Gasteiger partial charge on any atom is 0.325 e. The summed E-state index contributed by atoms with van der Waals surface area (Å²) in [5.41, 5.74) is 8.56. The number of nitrogens with zero attached hydrogens (tertiary/aromatic N) is 2. The highest BCUT2D eigenvalue weighted by Gasteiger charge is 2.24.